The molecule has 1 N–H and O–H groups in total. The van der Waals surface area contributed by atoms with Gasteiger partial charge in [0.25, 0.3) is 5.91 Å². The van der Waals surface area contributed by atoms with Crippen LogP contribution in [0.2, 0.25) is 0 Å². The van der Waals surface area contributed by atoms with E-state index in [2.05, 4.69) is 0 Å². The Balaban J connectivity index is 0.00000225. The number of rotatable bonds is 2. The first-order chi connectivity index (χ1) is 12.9. The van der Waals surface area contributed by atoms with E-state index < -0.39 is 11.7 Å². The summed E-state index contributed by atoms with van der Waals surface area (Å²) in [5, 5.41) is 0. The van der Waals surface area contributed by atoms with Gasteiger partial charge in [-0.3, -0.25) is 9.69 Å². The van der Waals surface area contributed by atoms with E-state index in [-0.39, 0.29) is 24.9 Å². The van der Waals surface area contributed by atoms with Crippen molar-refractivity contribution in [3.8, 4) is 0 Å². The molecule has 4 rings (SSSR count). The molecule has 1 amide bonds. The summed E-state index contributed by atoms with van der Waals surface area (Å²) in [5.41, 5.74) is 0.177. The SMILES string of the molecule is O=C(C[NH+]1CCOCC1)N1c2ccccc2Sc2ccc(C(F)(F)F)cc21.[Cl-]. The van der Waals surface area contributed by atoms with Crippen molar-refractivity contribution in [2.45, 2.75) is 16.0 Å². The highest BCUT2D eigenvalue weighted by Gasteiger charge is 2.35. The molecule has 0 aliphatic carbocycles. The number of para-hydroxylation sites is 1. The Morgan fingerprint density at radius 1 is 1.07 bits per heavy atom. The number of amides is 1. The molecular formula is C19H18ClF3N2O2S. The zero-order valence-corrected chi connectivity index (χ0v) is 16.3. The first-order valence-corrected chi connectivity index (χ1v) is 9.47. The lowest BCUT2D eigenvalue weighted by molar-refractivity contribution is -0.900. The average molecular weight is 431 g/mol. The summed E-state index contributed by atoms with van der Waals surface area (Å²) in [4.78, 5) is 17.2. The third kappa shape index (κ3) is 4.15. The van der Waals surface area contributed by atoms with Crippen LogP contribution >= 0.6 is 11.8 Å². The Morgan fingerprint density at radius 3 is 2.46 bits per heavy atom. The monoisotopic (exact) mass is 430 g/mol. The fraction of sp³-hybridized carbons (Fsp3) is 0.316. The minimum atomic E-state index is -4.46. The van der Waals surface area contributed by atoms with Gasteiger partial charge < -0.3 is 22.0 Å². The number of nitrogens with zero attached hydrogens (tertiary/aromatic N) is 1. The van der Waals surface area contributed by atoms with Crippen molar-refractivity contribution in [2.24, 2.45) is 0 Å². The Bertz CT molecular complexity index is 872. The number of nitrogens with one attached hydrogen (secondary N) is 1. The summed E-state index contributed by atoms with van der Waals surface area (Å²) in [6, 6.07) is 10.9. The van der Waals surface area contributed by atoms with E-state index in [9.17, 15) is 18.0 Å². The zero-order chi connectivity index (χ0) is 19.0. The van der Waals surface area contributed by atoms with Gasteiger partial charge in [-0.05, 0) is 30.3 Å². The van der Waals surface area contributed by atoms with E-state index in [4.69, 9.17) is 4.74 Å². The number of carbonyl (C=O) groups is 1. The Morgan fingerprint density at radius 2 is 1.75 bits per heavy atom. The zero-order valence-electron chi connectivity index (χ0n) is 14.8. The normalized spacial score (nSPS) is 16.8. The Hall–Kier alpha value is -1.74. The number of hydrogen-bond donors (Lipinski definition) is 1. The highest BCUT2D eigenvalue weighted by atomic mass is 35.5. The molecule has 28 heavy (non-hydrogen) atoms. The molecule has 0 bridgehead atoms. The second-order valence-corrected chi connectivity index (χ2v) is 7.60. The summed E-state index contributed by atoms with van der Waals surface area (Å²) in [6.07, 6.45) is -4.46. The number of ether oxygens (including phenoxy) is 1. The van der Waals surface area contributed by atoms with Gasteiger partial charge in [-0.2, -0.15) is 13.2 Å². The number of halogens is 4. The van der Waals surface area contributed by atoms with Gasteiger partial charge in [0.1, 0.15) is 13.1 Å². The van der Waals surface area contributed by atoms with Crippen molar-refractivity contribution in [1.82, 2.24) is 0 Å². The van der Waals surface area contributed by atoms with Gasteiger partial charge in [0.2, 0.25) is 0 Å². The van der Waals surface area contributed by atoms with Gasteiger partial charge in [-0.1, -0.05) is 23.9 Å². The molecule has 1 saturated heterocycles. The Kier molecular flexibility index (Phi) is 6.24. The summed E-state index contributed by atoms with van der Waals surface area (Å²) < 4.78 is 45.0. The van der Waals surface area contributed by atoms with Gasteiger partial charge in [0.15, 0.2) is 6.54 Å². The number of fused-ring (bicyclic) bond motifs is 2. The third-order valence-electron chi connectivity index (χ3n) is 4.70. The lowest BCUT2D eigenvalue weighted by Crippen LogP contribution is -3.15. The largest absolute Gasteiger partial charge is 1.00 e. The van der Waals surface area contributed by atoms with Crippen molar-refractivity contribution >= 4 is 29.0 Å². The van der Waals surface area contributed by atoms with Crippen LogP contribution in [0.1, 0.15) is 5.56 Å². The highest BCUT2D eigenvalue weighted by molar-refractivity contribution is 7.99. The van der Waals surface area contributed by atoms with Crippen LogP contribution in [0.4, 0.5) is 24.5 Å². The number of alkyl halides is 3. The van der Waals surface area contributed by atoms with Crippen molar-refractivity contribution in [3.05, 3.63) is 48.0 Å². The molecular weight excluding hydrogens is 413 g/mol. The van der Waals surface area contributed by atoms with E-state index in [1.54, 1.807) is 12.1 Å². The standard InChI is InChI=1S/C19H17F3N2O2S.ClH/c20-19(21,22)13-5-6-17-15(11-13)24(14-3-1-2-4-16(14)27-17)18(25)12-23-7-9-26-10-8-23;/h1-6,11H,7-10,12H2;1H. The van der Waals surface area contributed by atoms with E-state index in [0.717, 1.165) is 21.9 Å². The minimum Gasteiger partial charge on any atom is -1.00 e. The molecule has 0 radical (unpaired) electrons. The lowest BCUT2D eigenvalue weighted by Gasteiger charge is -2.33. The topological polar surface area (TPSA) is 34.0 Å². The maximum Gasteiger partial charge on any atom is 0.416 e. The van der Waals surface area contributed by atoms with Crippen molar-refractivity contribution in [2.75, 3.05) is 37.7 Å². The number of carbonyl (C=O) groups excluding carboxylic acids is 1. The molecule has 2 aromatic carbocycles. The molecule has 0 unspecified atom stereocenters. The predicted molar refractivity (Wildman–Crippen MR) is 95.5 cm³/mol. The van der Waals surface area contributed by atoms with Crippen LogP contribution in [-0.2, 0) is 15.7 Å². The van der Waals surface area contributed by atoms with Gasteiger partial charge in [0.05, 0.1) is 30.2 Å². The van der Waals surface area contributed by atoms with Crippen LogP contribution in [0.25, 0.3) is 0 Å². The smallest absolute Gasteiger partial charge is 0.416 e. The lowest BCUT2D eigenvalue weighted by atomic mass is 10.1. The number of quaternary nitrogens is 1. The average Bonchev–Trinajstić information content (AvgIpc) is 2.65. The summed E-state index contributed by atoms with van der Waals surface area (Å²) in [6.45, 7) is 2.82. The van der Waals surface area contributed by atoms with Gasteiger partial charge in [-0.15, -0.1) is 0 Å². The number of benzene rings is 2. The molecule has 2 heterocycles. The third-order valence-corrected chi connectivity index (χ3v) is 5.83. The fourth-order valence-corrected chi connectivity index (χ4v) is 4.37. The van der Waals surface area contributed by atoms with Crippen molar-refractivity contribution in [1.29, 1.82) is 0 Å². The van der Waals surface area contributed by atoms with Gasteiger partial charge in [0, 0.05) is 9.79 Å². The van der Waals surface area contributed by atoms with E-state index >= 15 is 0 Å². The maximum atomic E-state index is 13.2. The van der Waals surface area contributed by atoms with Crippen LogP contribution in [-0.4, -0.2) is 38.8 Å². The van der Waals surface area contributed by atoms with Crippen LogP contribution in [0.5, 0.6) is 0 Å². The second-order valence-electron chi connectivity index (χ2n) is 6.52. The molecule has 9 heteroatoms. The quantitative estimate of drug-likeness (QED) is 0.714. The molecule has 2 aliphatic rings. The van der Waals surface area contributed by atoms with Crippen LogP contribution < -0.4 is 22.2 Å². The summed E-state index contributed by atoms with van der Waals surface area (Å²) in [5.74, 6) is -0.208. The predicted octanol–water partition coefficient (Wildman–Crippen LogP) is -0.246. The molecule has 1 fully saturated rings. The second kappa shape index (κ2) is 8.32. The molecule has 0 saturated carbocycles. The van der Waals surface area contributed by atoms with Crippen molar-refractivity contribution in [3.63, 3.8) is 0 Å². The first-order valence-electron chi connectivity index (χ1n) is 8.66. The van der Waals surface area contributed by atoms with Gasteiger partial charge in [-0.25, -0.2) is 0 Å². The molecule has 0 aromatic heterocycles. The Labute approximate surface area is 171 Å². The first kappa shape index (κ1) is 21.0. The number of morpholine rings is 1. The number of anilines is 2. The van der Waals surface area contributed by atoms with Crippen molar-refractivity contribution < 1.29 is 40.0 Å². The summed E-state index contributed by atoms with van der Waals surface area (Å²) in [7, 11) is 0. The molecule has 150 valence electrons. The highest BCUT2D eigenvalue weighted by Crippen LogP contribution is 2.49. The van der Waals surface area contributed by atoms with E-state index in [1.807, 2.05) is 12.1 Å². The summed E-state index contributed by atoms with van der Waals surface area (Å²) >= 11 is 1.38. The fourth-order valence-electron chi connectivity index (χ4n) is 3.33. The van der Waals surface area contributed by atoms with Crippen LogP contribution in [0, 0.1) is 0 Å². The van der Waals surface area contributed by atoms with E-state index in [1.165, 1.54) is 22.7 Å². The molecule has 0 spiro atoms. The van der Waals surface area contributed by atoms with Crippen LogP contribution in [0.15, 0.2) is 52.3 Å². The number of hydrogen-bond acceptors (Lipinski definition) is 3. The maximum absolute atomic E-state index is 13.2. The minimum absolute atomic E-state index is 0. The molecule has 2 aromatic rings. The van der Waals surface area contributed by atoms with Gasteiger partial charge >= 0.3 is 6.18 Å². The van der Waals surface area contributed by atoms with E-state index in [0.29, 0.717) is 42.6 Å². The molecule has 0 atom stereocenters. The molecule has 4 nitrogen and oxygen atoms in total. The molecule has 2 aliphatic heterocycles. The van der Waals surface area contributed by atoms with Crippen LogP contribution in [0.3, 0.4) is 0 Å².